The summed E-state index contributed by atoms with van der Waals surface area (Å²) in [5, 5.41) is 5.35. The summed E-state index contributed by atoms with van der Waals surface area (Å²) in [6, 6.07) is 16.6. The lowest BCUT2D eigenvalue weighted by Crippen LogP contribution is -2.32. The number of nitrogens with zero attached hydrogens (tertiary/aromatic N) is 1. The first kappa shape index (κ1) is 20.2. The maximum atomic E-state index is 12.2. The smallest absolute Gasteiger partial charge is 0.251 e. The van der Waals surface area contributed by atoms with Gasteiger partial charge in [-0.2, -0.15) is 0 Å². The molecule has 0 aromatic heterocycles. The quantitative estimate of drug-likeness (QED) is 0.746. The van der Waals surface area contributed by atoms with Crippen molar-refractivity contribution in [2.24, 2.45) is 0 Å². The second kappa shape index (κ2) is 10.1. The van der Waals surface area contributed by atoms with Crippen molar-refractivity contribution in [3.63, 3.8) is 0 Å². The first-order chi connectivity index (χ1) is 13.0. The van der Waals surface area contributed by atoms with Gasteiger partial charge in [0, 0.05) is 39.2 Å². The zero-order chi connectivity index (χ0) is 19.6. The molecule has 2 rings (SSSR count). The topological polar surface area (TPSA) is 78.5 Å². The van der Waals surface area contributed by atoms with Gasteiger partial charge in [0.1, 0.15) is 0 Å². The SMILES string of the molecule is CNC(=O)c1ccc(CN(C)C(=O)CCNC(=O)Cc2ccccc2)cc1. The lowest BCUT2D eigenvalue weighted by atomic mass is 10.1. The van der Waals surface area contributed by atoms with Crippen LogP contribution in [-0.2, 0) is 22.6 Å². The van der Waals surface area contributed by atoms with E-state index in [0.29, 0.717) is 25.1 Å². The summed E-state index contributed by atoms with van der Waals surface area (Å²) in [5.74, 6) is -0.288. The predicted octanol–water partition coefficient (Wildman–Crippen LogP) is 1.75. The number of hydrogen-bond acceptors (Lipinski definition) is 3. The first-order valence-electron chi connectivity index (χ1n) is 8.85. The summed E-state index contributed by atoms with van der Waals surface area (Å²) in [5.41, 5.74) is 2.46. The maximum Gasteiger partial charge on any atom is 0.251 e. The lowest BCUT2D eigenvalue weighted by Gasteiger charge is -2.17. The Bertz CT molecular complexity index is 773. The fourth-order valence-corrected chi connectivity index (χ4v) is 2.61. The molecule has 0 fully saturated rings. The van der Waals surface area contributed by atoms with Crippen molar-refractivity contribution >= 4 is 17.7 Å². The zero-order valence-electron chi connectivity index (χ0n) is 15.7. The van der Waals surface area contributed by atoms with Crippen LogP contribution in [0.3, 0.4) is 0 Å². The lowest BCUT2D eigenvalue weighted by molar-refractivity contribution is -0.130. The Labute approximate surface area is 159 Å². The molecule has 0 aliphatic rings. The van der Waals surface area contributed by atoms with Gasteiger partial charge in [0.15, 0.2) is 0 Å². The highest BCUT2D eigenvalue weighted by molar-refractivity contribution is 5.93. The molecular weight excluding hydrogens is 342 g/mol. The average molecular weight is 367 g/mol. The number of rotatable bonds is 8. The van der Waals surface area contributed by atoms with Gasteiger partial charge in [-0.3, -0.25) is 14.4 Å². The maximum absolute atomic E-state index is 12.2. The summed E-state index contributed by atoms with van der Waals surface area (Å²) < 4.78 is 0. The molecule has 2 aromatic rings. The predicted molar refractivity (Wildman–Crippen MR) is 104 cm³/mol. The van der Waals surface area contributed by atoms with Crippen LogP contribution in [-0.4, -0.2) is 43.3 Å². The third-order valence-electron chi connectivity index (χ3n) is 4.16. The Kier molecular flexibility index (Phi) is 7.55. The van der Waals surface area contributed by atoms with Gasteiger partial charge in [-0.15, -0.1) is 0 Å². The second-order valence-corrected chi connectivity index (χ2v) is 6.29. The number of carbonyl (C=O) groups excluding carboxylic acids is 3. The van der Waals surface area contributed by atoms with Gasteiger partial charge in [0.2, 0.25) is 11.8 Å². The molecule has 142 valence electrons. The summed E-state index contributed by atoms with van der Waals surface area (Å²) in [4.78, 5) is 37.3. The van der Waals surface area contributed by atoms with Crippen molar-refractivity contribution in [1.29, 1.82) is 0 Å². The van der Waals surface area contributed by atoms with Crippen molar-refractivity contribution < 1.29 is 14.4 Å². The van der Waals surface area contributed by atoms with Gasteiger partial charge in [-0.25, -0.2) is 0 Å². The summed E-state index contributed by atoms with van der Waals surface area (Å²) in [6.45, 7) is 0.759. The summed E-state index contributed by atoms with van der Waals surface area (Å²) in [6.07, 6.45) is 0.551. The first-order valence-corrected chi connectivity index (χ1v) is 8.85. The molecule has 0 radical (unpaired) electrons. The van der Waals surface area contributed by atoms with E-state index >= 15 is 0 Å². The van der Waals surface area contributed by atoms with Crippen LogP contribution < -0.4 is 10.6 Å². The average Bonchev–Trinajstić information content (AvgIpc) is 2.68. The molecule has 0 atom stereocenters. The van der Waals surface area contributed by atoms with Gasteiger partial charge < -0.3 is 15.5 Å². The Morgan fingerprint density at radius 3 is 2.22 bits per heavy atom. The Hall–Kier alpha value is -3.15. The van der Waals surface area contributed by atoms with Crippen LogP contribution in [0.4, 0.5) is 0 Å². The van der Waals surface area contributed by atoms with E-state index in [4.69, 9.17) is 0 Å². The molecule has 0 unspecified atom stereocenters. The molecule has 6 heteroatoms. The van der Waals surface area contributed by atoms with Crippen LogP contribution in [0.15, 0.2) is 54.6 Å². The van der Waals surface area contributed by atoms with E-state index in [1.807, 2.05) is 42.5 Å². The van der Waals surface area contributed by atoms with E-state index in [-0.39, 0.29) is 24.1 Å². The van der Waals surface area contributed by atoms with Crippen molar-refractivity contribution in [3.8, 4) is 0 Å². The van der Waals surface area contributed by atoms with Crippen LogP contribution in [0, 0.1) is 0 Å². The fourth-order valence-electron chi connectivity index (χ4n) is 2.61. The largest absolute Gasteiger partial charge is 0.355 e. The number of hydrogen-bond donors (Lipinski definition) is 2. The monoisotopic (exact) mass is 367 g/mol. The normalized spacial score (nSPS) is 10.1. The van der Waals surface area contributed by atoms with Crippen molar-refractivity contribution in [2.75, 3.05) is 20.6 Å². The van der Waals surface area contributed by atoms with Crippen LogP contribution in [0.5, 0.6) is 0 Å². The van der Waals surface area contributed by atoms with Crippen LogP contribution in [0.25, 0.3) is 0 Å². The van der Waals surface area contributed by atoms with Gasteiger partial charge in [-0.05, 0) is 23.3 Å². The summed E-state index contributed by atoms with van der Waals surface area (Å²) in [7, 11) is 3.31. The molecule has 0 spiro atoms. The van der Waals surface area contributed by atoms with Crippen molar-refractivity contribution in [1.82, 2.24) is 15.5 Å². The van der Waals surface area contributed by atoms with Crippen LogP contribution in [0.1, 0.15) is 27.9 Å². The zero-order valence-corrected chi connectivity index (χ0v) is 15.7. The third-order valence-corrected chi connectivity index (χ3v) is 4.16. The molecule has 0 aliphatic carbocycles. The number of benzene rings is 2. The number of amides is 3. The highest BCUT2D eigenvalue weighted by Gasteiger charge is 2.11. The van der Waals surface area contributed by atoms with Gasteiger partial charge in [0.25, 0.3) is 5.91 Å². The third kappa shape index (κ3) is 6.58. The highest BCUT2D eigenvalue weighted by atomic mass is 16.2. The van der Waals surface area contributed by atoms with Crippen LogP contribution >= 0.6 is 0 Å². The molecule has 6 nitrogen and oxygen atoms in total. The van der Waals surface area contributed by atoms with E-state index in [2.05, 4.69) is 10.6 Å². The van der Waals surface area contributed by atoms with Crippen molar-refractivity contribution in [2.45, 2.75) is 19.4 Å². The molecule has 0 saturated carbocycles. The molecule has 0 bridgehead atoms. The highest BCUT2D eigenvalue weighted by Crippen LogP contribution is 2.08. The molecule has 2 aromatic carbocycles. The molecule has 3 amide bonds. The number of nitrogens with one attached hydrogen (secondary N) is 2. The van der Waals surface area contributed by atoms with E-state index < -0.39 is 0 Å². The Morgan fingerprint density at radius 1 is 0.926 bits per heavy atom. The minimum absolute atomic E-state index is 0.0506. The van der Waals surface area contributed by atoms with E-state index in [1.165, 1.54) is 0 Å². The Morgan fingerprint density at radius 2 is 1.59 bits per heavy atom. The summed E-state index contributed by atoms with van der Waals surface area (Å²) >= 11 is 0. The molecule has 2 N–H and O–H groups in total. The molecule has 27 heavy (non-hydrogen) atoms. The van der Waals surface area contributed by atoms with E-state index in [9.17, 15) is 14.4 Å². The second-order valence-electron chi connectivity index (χ2n) is 6.29. The standard InChI is InChI=1S/C21H25N3O3/c1-22-21(27)18-10-8-17(9-11-18)15-24(2)20(26)12-13-23-19(25)14-16-6-4-3-5-7-16/h3-11H,12-15H2,1-2H3,(H,22,27)(H,23,25). The molecule has 0 aliphatic heterocycles. The number of carbonyl (C=O) groups is 3. The Balaban J connectivity index is 1.73. The van der Waals surface area contributed by atoms with Gasteiger partial charge in [-0.1, -0.05) is 42.5 Å². The molecular formula is C21H25N3O3. The van der Waals surface area contributed by atoms with Crippen molar-refractivity contribution in [3.05, 3.63) is 71.3 Å². The van der Waals surface area contributed by atoms with Crippen LogP contribution in [0.2, 0.25) is 0 Å². The molecule has 0 heterocycles. The van der Waals surface area contributed by atoms with E-state index in [0.717, 1.165) is 11.1 Å². The minimum Gasteiger partial charge on any atom is -0.355 e. The fraction of sp³-hybridized carbons (Fsp3) is 0.286. The van der Waals surface area contributed by atoms with Gasteiger partial charge >= 0.3 is 0 Å². The van der Waals surface area contributed by atoms with Gasteiger partial charge in [0.05, 0.1) is 6.42 Å². The minimum atomic E-state index is -0.141. The molecule has 0 saturated heterocycles. The van der Waals surface area contributed by atoms with E-state index in [1.54, 1.807) is 31.1 Å².